The number of para-hydroxylation sites is 2. The van der Waals surface area contributed by atoms with Crippen molar-refractivity contribution in [2.24, 2.45) is 0 Å². The van der Waals surface area contributed by atoms with Crippen LogP contribution >= 0.6 is 0 Å². The number of phenols is 2. The number of ether oxygens (including phenoxy) is 1. The number of aromatic amines is 2. The maximum absolute atomic E-state index is 14.5. The van der Waals surface area contributed by atoms with Crippen LogP contribution in [0.25, 0.3) is 45.0 Å². The summed E-state index contributed by atoms with van der Waals surface area (Å²) in [7, 11) is 0. The summed E-state index contributed by atoms with van der Waals surface area (Å²) in [5.74, 6) is -0.598. The number of pyridine rings is 1. The summed E-state index contributed by atoms with van der Waals surface area (Å²) in [5.41, 5.74) is 2.22. The molecule has 9 rings (SSSR count). The highest BCUT2D eigenvalue weighted by Crippen LogP contribution is 2.60. The van der Waals surface area contributed by atoms with Gasteiger partial charge < -0.3 is 19.9 Å². The van der Waals surface area contributed by atoms with Gasteiger partial charge in [0.05, 0.1) is 44.8 Å². The van der Waals surface area contributed by atoms with Crippen molar-refractivity contribution in [1.29, 1.82) is 0 Å². The van der Waals surface area contributed by atoms with Crippen LogP contribution in [-0.2, 0) is 18.4 Å². The Bertz CT molecular complexity index is 2810. The van der Waals surface area contributed by atoms with Crippen LogP contribution in [0.1, 0.15) is 45.4 Å². The van der Waals surface area contributed by atoms with Crippen LogP contribution in [0.3, 0.4) is 0 Å². The van der Waals surface area contributed by atoms with Gasteiger partial charge in [0.25, 0.3) is 5.56 Å². The summed E-state index contributed by atoms with van der Waals surface area (Å²) in [5, 5.41) is 29.0. The number of ketones is 1. The first kappa shape index (κ1) is 30.4. The van der Waals surface area contributed by atoms with Crippen molar-refractivity contribution in [3.8, 4) is 34.2 Å². The lowest BCUT2D eigenvalue weighted by Crippen LogP contribution is -2.36. The van der Waals surface area contributed by atoms with Crippen molar-refractivity contribution in [3.05, 3.63) is 133 Å². The number of rotatable bonds is 5. The van der Waals surface area contributed by atoms with Crippen molar-refractivity contribution in [2.45, 2.75) is 39.2 Å². The standard InChI is InChI=1S/C39H30N6O6/c1-19-32(46)30(26-14-13-24-36(41-26)44(38(50)42-37(24)49)16-15-21-18-40-25-12-8-7-11-23(21)25)34-31(33(19)47)39(3)28(51-34)17-27-29(35(39)48)20(2)43-45(27)22-9-5-4-6-10-22/h4-14,17-18,40,46-47H,15-16H2,1-3H3,(H,42,49,50)/t39-/m0/s1. The summed E-state index contributed by atoms with van der Waals surface area (Å²) in [4.78, 5) is 51.2. The first-order valence-corrected chi connectivity index (χ1v) is 16.5. The molecule has 1 atom stereocenters. The van der Waals surface area contributed by atoms with E-state index in [1.54, 1.807) is 37.6 Å². The molecule has 7 aromatic rings. The van der Waals surface area contributed by atoms with Crippen LogP contribution in [0.4, 0.5) is 0 Å². The molecule has 0 saturated heterocycles. The lowest BCUT2D eigenvalue weighted by Gasteiger charge is -2.27. The normalized spacial score (nSPS) is 16.2. The van der Waals surface area contributed by atoms with Crippen LogP contribution < -0.4 is 16.0 Å². The second-order valence-electron chi connectivity index (χ2n) is 13.1. The van der Waals surface area contributed by atoms with Gasteiger partial charge >= 0.3 is 5.69 Å². The van der Waals surface area contributed by atoms with E-state index in [1.807, 2.05) is 60.8 Å². The highest BCUT2D eigenvalue weighted by atomic mass is 16.5. The Morgan fingerprint density at radius 3 is 2.47 bits per heavy atom. The molecule has 5 heterocycles. The molecular weight excluding hydrogens is 648 g/mol. The van der Waals surface area contributed by atoms with E-state index in [2.05, 4.69) is 15.1 Å². The number of allylic oxidation sites excluding steroid dienone is 1. The second-order valence-corrected chi connectivity index (χ2v) is 13.1. The molecule has 4 N–H and O–H groups in total. The SMILES string of the molecule is Cc1nn(-c2ccccc2)c2c1C(=O)[C@@]1(C)C(=C2)Oc2c(-c3ccc4c(=O)[nH]c(=O)n(CCc5c[nH]c6ccccc56)c4n3)c(O)c(C)c(O)c21. The quantitative estimate of drug-likeness (QED) is 0.183. The Morgan fingerprint density at radius 2 is 1.67 bits per heavy atom. The number of aromatic nitrogens is 6. The molecule has 0 unspecified atom stereocenters. The summed E-state index contributed by atoms with van der Waals surface area (Å²) < 4.78 is 9.55. The topological polar surface area (TPSA) is 168 Å². The fourth-order valence-electron chi connectivity index (χ4n) is 7.54. The molecule has 0 radical (unpaired) electrons. The summed E-state index contributed by atoms with van der Waals surface area (Å²) in [6.07, 6.45) is 4.11. The largest absolute Gasteiger partial charge is 0.507 e. The van der Waals surface area contributed by atoms with E-state index < -0.39 is 16.7 Å². The maximum Gasteiger partial charge on any atom is 0.330 e. The number of aromatic hydroxyl groups is 2. The highest BCUT2D eigenvalue weighted by molar-refractivity contribution is 6.14. The molecule has 12 heteroatoms. The third-order valence-electron chi connectivity index (χ3n) is 10.3. The van der Waals surface area contributed by atoms with E-state index >= 15 is 0 Å². The van der Waals surface area contributed by atoms with Crippen LogP contribution in [0.2, 0.25) is 0 Å². The third kappa shape index (κ3) is 4.16. The van der Waals surface area contributed by atoms with Gasteiger partial charge in [0.1, 0.15) is 34.1 Å². The van der Waals surface area contributed by atoms with E-state index in [-0.39, 0.29) is 68.8 Å². The van der Waals surface area contributed by atoms with E-state index in [9.17, 15) is 24.6 Å². The number of fused-ring (bicyclic) bond motifs is 6. The van der Waals surface area contributed by atoms with Gasteiger partial charge in [-0.25, -0.2) is 14.5 Å². The van der Waals surface area contributed by atoms with Gasteiger partial charge in [-0.2, -0.15) is 5.10 Å². The smallest absolute Gasteiger partial charge is 0.330 e. The molecule has 1 aliphatic carbocycles. The molecule has 51 heavy (non-hydrogen) atoms. The number of aryl methyl sites for hydroxylation is 3. The van der Waals surface area contributed by atoms with Crippen LogP contribution in [0.5, 0.6) is 17.2 Å². The molecule has 12 nitrogen and oxygen atoms in total. The van der Waals surface area contributed by atoms with Crippen LogP contribution in [0, 0.1) is 13.8 Å². The minimum absolute atomic E-state index is 0.0594. The minimum atomic E-state index is -1.45. The highest BCUT2D eigenvalue weighted by Gasteiger charge is 2.55. The Morgan fingerprint density at radius 1 is 0.902 bits per heavy atom. The Hall–Kier alpha value is -6.69. The van der Waals surface area contributed by atoms with Crippen LogP contribution in [0.15, 0.2) is 88.3 Å². The molecule has 0 fully saturated rings. The van der Waals surface area contributed by atoms with E-state index in [0.717, 1.165) is 22.2 Å². The summed E-state index contributed by atoms with van der Waals surface area (Å²) in [6, 6.07) is 20.4. The average Bonchev–Trinajstić information content (AvgIpc) is 3.79. The number of hydrogen-bond acceptors (Lipinski definition) is 8. The van der Waals surface area contributed by atoms with E-state index in [0.29, 0.717) is 23.4 Å². The Labute approximate surface area is 288 Å². The zero-order chi connectivity index (χ0) is 35.3. The first-order valence-electron chi connectivity index (χ1n) is 16.5. The van der Waals surface area contributed by atoms with Gasteiger partial charge in [-0.15, -0.1) is 0 Å². The van der Waals surface area contributed by atoms with Gasteiger partial charge in [0, 0.05) is 35.3 Å². The number of nitrogens with one attached hydrogen (secondary N) is 2. The number of nitrogens with zero attached hydrogens (tertiary/aromatic N) is 4. The lowest BCUT2D eigenvalue weighted by molar-refractivity contribution is 0.0905. The fraction of sp³-hybridized carbons (Fsp3) is 0.154. The molecule has 3 aromatic carbocycles. The van der Waals surface area contributed by atoms with Gasteiger partial charge in [0.2, 0.25) is 0 Å². The average molecular weight is 679 g/mol. The molecule has 0 spiro atoms. The molecule has 0 amide bonds. The van der Waals surface area contributed by atoms with E-state index in [1.165, 1.54) is 10.6 Å². The summed E-state index contributed by atoms with van der Waals surface area (Å²) in [6.45, 7) is 5.20. The molecule has 252 valence electrons. The molecule has 0 saturated carbocycles. The Balaban J connectivity index is 1.21. The molecule has 4 aromatic heterocycles. The third-order valence-corrected chi connectivity index (χ3v) is 10.3. The van der Waals surface area contributed by atoms with Crippen molar-refractivity contribution >= 4 is 33.8 Å². The number of phenolic OH excluding ortho intramolecular Hbond substituents is 2. The van der Waals surface area contributed by atoms with Crippen molar-refractivity contribution in [1.82, 2.24) is 29.3 Å². The lowest BCUT2D eigenvalue weighted by atomic mass is 9.71. The molecule has 0 bridgehead atoms. The maximum atomic E-state index is 14.5. The van der Waals surface area contributed by atoms with Gasteiger partial charge in [-0.3, -0.25) is 19.1 Å². The number of benzene rings is 3. The molecule has 2 aliphatic rings. The number of carbonyl (C=O) groups is 1. The monoisotopic (exact) mass is 678 g/mol. The predicted molar refractivity (Wildman–Crippen MR) is 191 cm³/mol. The fourth-order valence-corrected chi connectivity index (χ4v) is 7.54. The second kappa shape index (κ2) is 10.7. The van der Waals surface area contributed by atoms with Crippen molar-refractivity contribution in [3.63, 3.8) is 0 Å². The number of Topliss-reactive ketones (excluding diaryl/α,β-unsaturated/α-hetero) is 1. The molecular formula is C39H30N6O6. The number of hydrogen-bond donors (Lipinski definition) is 4. The Kier molecular flexibility index (Phi) is 6.34. The van der Waals surface area contributed by atoms with E-state index in [4.69, 9.17) is 9.72 Å². The van der Waals surface area contributed by atoms with Gasteiger partial charge in [-0.05, 0) is 63.1 Å². The zero-order valence-corrected chi connectivity index (χ0v) is 27.7. The van der Waals surface area contributed by atoms with Gasteiger partial charge in [0.15, 0.2) is 5.78 Å². The summed E-state index contributed by atoms with van der Waals surface area (Å²) >= 11 is 0. The number of carbonyl (C=O) groups excluding carboxylic acids is 1. The predicted octanol–water partition coefficient (Wildman–Crippen LogP) is 5.58. The molecule has 1 aliphatic heterocycles. The van der Waals surface area contributed by atoms with Crippen molar-refractivity contribution < 1.29 is 19.7 Å². The van der Waals surface area contributed by atoms with Crippen molar-refractivity contribution in [2.75, 3.05) is 0 Å². The van der Waals surface area contributed by atoms with Crippen LogP contribution in [-0.4, -0.2) is 45.3 Å². The minimum Gasteiger partial charge on any atom is -0.507 e. The zero-order valence-electron chi connectivity index (χ0n) is 27.7. The number of H-pyrrole nitrogens is 2. The van der Waals surface area contributed by atoms with Gasteiger partial charge in [-0.1, -0.05) is 36.4 Å². The first-order chi connectivity index (χ1) is 24.6.